The van der Waals surface area contributed by atoms with Gasteiger partial charge in [0.15, 0.2) is 11.6 Å². The minimum Gasteiger partial charge on any atom is -0.454 e. The summed E-state index contributed by atoms with van der Waals surface area (Å²) in [5.41, 5.74) is 0.242. The second-order valence-electron chi connectivity index (χ2n) is 7.08. The van der Waals surface area contributed by atoms with Gasteiger partial charge in [-0.3, -0.25) is 9.59 Å². The quantitative estimate of drug-likeness (QED) is 0.274. The number of pyridine rings is 1. The second kappa shape index (κ2) is 15.1. The van der Waals surface area contributed by atoms with Crippen molar-refractivity contribution < 1.29 is 31.9 Å². The highest BCUT2D eigenvalue weighted by molar-refractivity contribution is 5.94. The Labute approximate surface area is 213 Å². The second-order valence-corrected chi connectivity index (χ2v) is 7.08. The van der Waals surface area contributed by atoms with Gasteiger partial charge in [-0.25, -0.2) is 9.37 Å². The number of benzene rings is 1. The Morgan fingerprint density at radius 1 is 1.24 bits per heavy atom. The number of rotatable bonds is 5. The number of halogens is 4. The molecule has 10 heteroatoms. The smallest absolute Gasteiger partial charge is 0.416 e. The van der Waals surface area contributed by atoms with E-state index in [0.717, 1.165) is 23.8 Å². The van der Waals surface area contributed by atoms with Gasteiger partial charge in [-0.05, 0) is 37.6 Å². The van der Waals surface area contributed by atoms with E-state index in [1.54, 1.807) is 6.07 Å². The van der Waals surface area contributed by atoms with Crippen LogP contribution in [0.2, 0.25) is 0 Å². The molecule has 1 aliphatic rings. The van der Waals surface area contributed by atoms with Gasteiger partial charge in [0, 0.05) is 37.2 Å². The topological polar surface area (TPSA) is 80.3 Å². The van der Waals surface area contributed by atoms with E-state index in [1.807, 2.05) is 13.8 Å². The molecule has 0 radical (unpaired) electrons. The van der Waals surface area contributed by atoms with Crippen molar-refractivity contribution in [1.29, 1.82) is 0 Å². The van der Waals surface area contributed by atoms with Crippen molar-refractivity contribution in [2.24, 2.45) is 0 Å². The van der Waals surface area contributed by atoms with E-state index in [1.165, 1.54) is 38.4 Å². The summed E-state index contributed by atoms with van der Waals surface area (Å²) < 4.78 is 55.9. The number of aromatic nitrogens is 1. The number of allylic oxidation sites excluding steroid dienone is 4. The first-order chi connectivity index (χ1) is 17.6. The number of anilines is 1. The zero-order valence-electron chi connectivity index (χ0n) is 21.0. The Balaban J connectivity index is 0.000000417. The molecule has 0 aliphatic carbocycles. The zero-order chi connectivity index (χ0) is 28.0. The van der Waals surface area contributed by atoms with Gasteiger partial charge < -0.3 is 15.4 Å². The van der Waals surface area contributed by atoms with Crippen LogP contribution in [0.4, 0.5) is 23.4 Å². The third-order valence-corrected chi connectivity index (χ3v) is 4.63. The number of carbonyl (C=O) groups excluding carboxylic acids is 2. The average molecular weight is 520 g/mol. The molecule has 37 heavy (non-hydrogen) atoms. The predicted molar refractivity (Wildman–Crippen MR) is 135 cm³/mol. The van der Waals surface area contributed by atoms with Crippen LogP contribution in [0.25, 0.3) is 0 Å². The van der Waals surface area contributed by atoms with Crippen LogP contribution in [0.5, 0.6) is 11.5 Å². The van der Waals surface area contributed by atoms with Gasteiger partial charge in [-0.2, -0.15) is 13.2 Å². The van der Waals surface area contributed by atoms with Crippen LogP contribution in [-0.4, -0.2) is 30.0 Å². The van der Waals surface area contributed by atoms with E-state index in [-0.39, 0.29) is 29.5 Å². The molecule has 2 amide bonds. The Bertz CT molecular complexity index is 1180. The number of alkyl halides is 3. The van der Waals surface area contributed by atoms with Gasteiger partial charge in [0.25, 0.3) is 5.91 Å². The first-order valence-electron chi connectivity index (χ1n) is 11.4. The number of fused-ring (bicyclic) bond motifs is 1. The Morgan fingerprint density at radius 2 is 1.95 bits per heavy atom. The van der Waals surface area contributed by atoms with Crippen molar-refractivity contribution in [2.75, 3.05) is 12.4 Å². The summed E-state index contributed by atoms with van der Waals surface area (Å²) in [6, 6.07) is 5.60. The highest BCUT2D eigenvalue weighted by Crippen LogP contribution is 2.33. The SMILES string of the molecule is C#CC/C=C(\C=C/C)C(F)(F)F.CC.CNC(=O)c1ccc(Oc2ccnc3c2CCC(=O)N3)c(F)c1. The fourth-order valence-corrected chi connectivity index (χ4v) is 2.97. The van der Waals surface area contributed by atoms with E-state index in [0.29, 0.717) is 24.4 Å². The van der Waals surface area contributed by atoms with Crippen LogP contribution in [0, 0.1) is 18.2 Å². The minimum atomic E-state index is -4.30. The summed E-state index contributed by atoms with van der Waals surface area (Å²) >= 11 is 0. The molecule has 1 aromatic carbocycles. The lowest BCUT2D eigenvalue weighted by atomic mass is 10.1. The number of nitrogens with zero attached hydrogens (tertiary/aromatic N) is 1. The maximum Gasteiger partial charge on any atom is 0.416 e. The largest absolute Gasteiger partial charge is 0.454 e. The molecule has 2 N–H and O–H groups in total. The predicted octanol–water partition coefficient (Wildman–Crippen LogP) is 6.36. The van der Waals surface area contributed by atoms with E-state index in [2.05, 4.69) is 21.5 Å². The highest BCUT2D eigenvalue weighted by Gasteiger charge is 2.31. The lowest BCUT2D eigenvalue weighted by Crippen LogP contribution is -2.20. The first kappa shape index (κ1) is 30.9. The third-order valence-electron chi connectivity index (χ3n) is 4.63. The van der Waals surface area contributed by atoms with Gasteiger partial charge in [-0.15, -0.1) is 12.3 Å². The fourth-order valence-electron chi connectivity index (χ4n) is 2.97. The summed E-state index contributed by atoms with van der Waals surface area (Å²) in [4.78, 5) is 27.0. The molecule has 0 fully saturated rings. The molecule has 1 aliphatic heterocycles. The van der Waals surface area contributed by atoms with Crippen molar-refractivity contribution >= 4 is 17.6 Å². The van der Waals surface area contributed by atoms with Gasteiger partial charge in [0.1, 0.15) is 11.6 Å². The highest BCUT2D eigenvalue weighted by atomic mass is 19.4. The molecular formula is C27H29F4N3O3. The Morgan fingerprint density at radius 3 is 2.51 bits per heavy atom. The zero-order valence-corrected chi connectivity index (χ0v) is 21.0. The molecule has 1 aromatic heterocycles. The van der Waals surface area contributed by atoms with Crippen molar-refractivity contribution in [3.63, 3.8) is 0 Å². The number of hydrogen-bond acceptors (Lipinski definition) is 4. The number of nitrogens with one attached hydrogen (secondary N) is 2. The van der Waals surface area contributed by atoms with Gasteiger partial charge in [-0.1, -0.05) is 32.1 Å². The van der Waals surface area contributed by atoms with Crippen molar-refractivity contribution in [3.8, 4) is 23.8 Å². The molecule has 0 saturated heterocycles. The molecule has 0 unspecified atom stereocenters. The molecule has 198 valence electrons. The number of terminal acetylenes is 1. The van der Waals surface area contributed by atoms with Gasteiger partial charge >= 0.3 is 6.18 Å². The van der Waals surface area contributed by atoms with Crippen molar-refractivity contribution in [2.45, 2.75) is 46.2 Å². The lowest BCUT2D eigenvalue weighted by Gasteiger charge is -2.19. The molecule has 2 aromatic rings. The molecule has 0 bridgehead atoms. The number of carbonyl (C=O) groups is 2. The summed E-state index contributed by atoms with van der Waals surface area (Å²) in [6.07, 6.45) is 6.12. The van der Waals surface area contributed by atoms with Crippen molar-refractivity contribution in [3.05, 3.63) is 71.2 Å². The molecule has 0 spiro atoms. The number of ether oxygens (including phenoxy) is 1. The number of hydrogen-bond donors (Lipinski definition) is 2. The van der Waals surface area contributed by atoms with Crippen LogP contribution < -0.4 is 15.4 Å². The lowest BCUT2D eigenvalue weighted by molar-refractivity contribution is -0.116. The van der Waals surface area contributed by atoms with E-state index < -0.39 is 17.6 Å². The van der Waals surface area contributed by atoms with Gasteiger partial charge in [0.2, 0.25) is 5.91 Å². The van der Waals surface area contributed by atoms with Crippen LogP contribution in [0.3, 0.4) is 0 Å². The minimum absolute atomic E-state index is 0.000810. The van der Waals surface area contributed by atoms with Crippen LogP contribution >= 0.6 is 0 Å². The van der Waals surface area contributed by atoms with Crippen LogP contribution in [0.15, 0.2) is 54.3 Å². The molecule has 0 atom stereocenters. The average Bonchev–Trinajstić information content (AvgIpc) is 2.88. The monoisotopic (exact) mass is 519 g/mol. The molecule has 2 heterocycles. The third kappa shape index (κ3) is 9.44. The molecular weight excluding hydrogens is 490 g/mol. The maximum atomic E-state index is 14.1. The maximum absolute atomic E-state index is 14.1. The van der Waals surface area contributed by atoms with E-state index in [4.69, 9.17) is 11.2 Å². The van der Waals surface area contributed by atoms with Crippen molar-refractivity contribution in [1.82, 2.24) is 10.3 Å². The fraction of sp³-hybridized carbons (Fsp3) is 0.296. The van der Waals surface area contributed by atoms with Crippen LogP contribution in [0.1, 0.15) is 49.5 Å². The summed E-state index contributed by atoms with van der Waals surface area (Å²) in [7, 11) is 1.47. The Kier molecular flexibility index (Phi) is 12.6. The molecule has 0 saturated carbocycles. The molecule has 6 nitrogen and oxygen atoms in total. The molecule has 3 rings (SSSR count). The van der Waals surface area contributed by atoms with Gasteiger partial charge in [0.05, 0.1) is 5.57 Å². The normalized spacial score (nSPS) is 12.6. The van der Waals surface area contributed by atoms with E-state index in [9.17, 15) is 27.2 Å². The first-order valence-corrected chi connectivity index (χ1v) is 11.4. The van der Waals surface area contributed by atoms with Crippen LogP contribution in [-0.2, 0) is 11.2 Å². The number of amides is 2. The summed E-state index contributed by atoms with van der Waals surface area (Å²) in [6.45, 7) is 5.52. The Hall–Kier alpha value is -4.13. The standard InChI is InChI=1S/C16H14FN3O3.C9H9F3.C2H6/c1-18-16(22)9-2-4-13(11(17)8-9)23-12-6-7-19-15-10(12)3-5-14(21)20-15;1-3-5-7-8(6-4-2)9(10,11)12;1-2/h2,4,6-8H,3,5H2,1H3,(H,18,22)(H,19,20,21);1,4,6-7H,5H2,2H3;1-2H3/b;6-4-,8-7+;. The summed E-state index contributed by atoms with van der Waals surface area (Å²) in [5.74, 6) is 1.86. The van der Waals surface area contributed by atoms with E-state index >= 15 is 0 Å². The summed E-state index contributed by atoms with van der Waals surface area (Å²) in [5, 5.41) is 5.08.